The van der Waals surface area contributed by atoms with Gasteiger partial charge in [0.2, 0.25) is 0 Å². The van der Waals surface area contributed by atoms with Crippen molar-refractivity contribution in [1.82, 2.24) is 25.2 Å². The molecule has 0 bridgehead atoms. The minimum atomic E-state index is -0.682. The summed E-state index contributed by atoms with van der Waals surface area (Å²) in [6.45, 7) is 4.37. The highest BCUT2D eigenvalue weighted by Gasteiger charge is 2.23. The van der Waals surface area contributed by atoms with Gasteiger partial charge in [-0.1, -0.05) is 25.3 Å². The number of rotatable bonds is 10. The van der Waals surface area contributed by atoms with E-state index in [0.717, 1.165) is 47.5 Å². The van der Waals surface area contributed by atoms with Crippen LogP contribution in [-0.2, 0) is 26.0 Å². The molecule has 5 rings (SSSR count). The number of carbonyl (C=O) groups is 1. The molecule has 196 valence electrons. The number of ether oxygens (including phenoxy) is 1. The molecule has 10 heteroatoms. The van der Waals surface area contributed by atoms with Gasteiger partial charge in [0.1, 0.15) is 24.4 Å². The Hall–Kier alpha value is -2.82. The molecule has 37 heavy (non-hydrogen) atoms. The van der Waals surface area contributed by atoms with E-state index >= 15 is 0 Å². The zero-order chi connectivity index (χ0) is 25.8. The Balaban J connectivity index is 1.10. The first-order chi connectivity index (χ1) is 18.0. The topological polar surface area (TPSA) is 114 Å². The van der Waals surface area contributed by atoms with E-state index in [-0.39, 0.29) is 12.5 Å². The number of carbonyl (C=O) groups excluding carboxylic acids is 1. The molecule has 1 aromatic carbocycles. The zero-order valence-corrected chi connectivity index (χ0v) is 22.5. The molecule has 3 aromatic rings. The number of hydrogen-bond donors (Lipinski definition) is 2. The highest BCUT2D eigenvalue weighted by molar-refractivity contribution is 9.10. The van der Waals surface area contributed by atoms with Gasteiger partial charge >= 0.3 is 0 Å². The average Bonchev–Trinajstić information content (AvgIpc) is 3.29. The molecule has 1 fully saturated rings. The summed E-state index contributed by atoms with van der Waals surface area (Å²) in [5, 5.41) is 13.4. The lowest BCUT2D eigenvalue weighted by atomic mass is 9.82. The van der Waals surface area contributed by atoms with Crippen LogP contribution in [0.3, 0.4) is 0 Å². The summed E-state index contributed by atoms with van der Waals surface area (Å²) in [6.07, 6.45) is 7.66. The molecule has 1 aliphatic carbocycles. The van der Waals surface area contributed by atoms with Crippen LogP contribution < -0.4 is 10.1 Å². The molecule has 9 nitrogen and oxygen atoms in total. The molecule has 1 aliphatic heterocycles. The van der Waals surface area contributed by atoms with E-state index in [2.05, 4.69) is 47.2 Å². The van der Waals surface area contributed by atoms with Crippen LogP contribution in [0.2, 0.25) is 0 Å². The fraction of sp³-hybridized carbons (Fsp3) is 0.481. The number of aromatic nitrogens is 3. The first-order valence-corrected chi connectivity index (χ1v) is 13.6. The lowest BCUT2D eigenvalue weighted by Gasteiger charge is -2.31. The maximum atomic E-state index is 12.6. The molecule has 2 aromatic heterocycles. The summed E-state index contributed by atoms with van der Waals surface area (Å²) in [4.78, 5) is 27.3. The van der Waals surface area contributed by atoms with Crippen LogP contribution in [0.4, 0.5) is 0 Å². The third-order valence-electron chi connectivity index (χ3n) is 7.23. The van der Waals surface area contributed by atoms with Gasteiger partial charge in [0.05, 0.1) is 16.3 Å². The highest BCUT2D eigenvalue weighted by Crippen LogP contribution is 2.35. The number of fused-ring (bicyclic) bond motifs is 1. The van der Waals surface area contributed by atoms with Crippen molar-refractivity contribution < 1.29 is 19.1 Å². The number of aryl methyl sites for hydroxylation is 1. The molecule has 0 spiro atoms. The zero-order valence-electron chi connectivity index (χ0n) is 21.0. The number of aliphatic hydroxyl groups excluding tert-OH is 1. The van der Waals surface area contributed by atoms with Crippen molar-refractivity contribution in [2.75, 3.05) is 19.6 Å². The molecule has 3 heterocycles. The summed E-state index contributed by atoms with van der Waals surface area (Å²) in [5.41, 5.74) is 4.49. The maximum Gasteiger partial charge on any atom is 0.270 e. The van der Waals surface area contributed by atoms with E-state index in [0.29, 0.717) is 30.5 Å². The van der Waals surface area contributed by atoms with Crippen molar-refractivity contribution in [1.29, 1.82) is 0 Å². The van der Waals surface area contributed by atoms with E-state index < -0.39 is 6.10 Å². The summed E-state index contributed by atoms with van der Waals surface area (Å²) in [5.74, 6) is 1.87. The number of halogens is 1. The summed E-state index contributed by atoms with van der Waals surface area (Å²) in [6, 6.07) is 5.79. The van der Waals surface area contributed by atoms with Crippen LogP contribution in [0.5, 0.6) is 5.75 Å². The number of oxazole rings is 1. The number of benzene rings is 1. The van der Waals surface area contributed by atoms with E-state index in [1.54, 1.807) is 6.07 Å². The van der Waals surface area contributed by atoms with Crippen molar-refractivity contribution >= 4 is 21.8 Å². The second-order valence-electron chi connectivity index (χ2n) is 9.91. The number of nitrogens with one attached hydrogen (secondary N) is 1. The van der Waals surface area contributed by atoms with E-state index in [1.807, 2.05) is 13.0 Å². The number of amides is 1. The SMILES string of the molecule is Cc1ncoc1COc1ccc2c(c1Br)CCN(C[C@@H](O)CNC(=O)c1cc(CC3CCC3)ncn1)C2. The van der Waals surface area contributed by atoms with Gasteiger partial charge in [-0.05, 0) is 64.9 Å². The van der Waals surface area contributed by atoms with E-state index in [1.165, 1.54) is 43.1 Å². The molecular weight excluding hydrogens is 538 g/mol. The van der Waals surface area contributed by atoms with Crippen molar-refractivity contribution in [3.05, 3.63) is 69.4 Å². The molecule has 0 radical (unpaired) electrons. The van der Waals surface area contributed by atoms with Crippen molar-refractivity contribution in [2.45, 2.75) is 58.3 Å². The monoisotopic (exact) mass is 569 g/mol. The normalized spacial score (nSPS) is 16.6. The second-order valence-corrected chi connectivity index (χ2v) is 10.7. The molecular formula is C27H32BrN5O4. The van der Waals surface area contributed by atoms with Gasteiger partial charge in [-0.3, -0.25) is 9.69 Å². The Morgan fingerprint density at radius 3 is 2.95 bits per heavy atom. The molecule has 1 atom stereocenters. The Labute approximate surface area is 224 Å². The quantitative estimate of drug-likeness (QED) is 0.380. The second kappa shape index (κ2) is 11.7. The predicted molar refractivity (Wildman–Crippen MR) is 140 cm³/mol. The van der Waals surface area contributed by atoms with Crippen LogP contribution in [0.25, 0.3) is 0 Å². The van der Waals surface area contributed by atoms with Crippen molar-refractivity contribution in [2.24, 2.45) is 5.92 Å². The minimum Gasteiger partial charge on any atom is -0.484 e. The van der Waals surface area contributed by atoms with E-state index in [9.17, 15) is 9.90 Å². The first-order valence-electron chi connectivity index (χ1n) is 12.8. The number of nitrogens with zero attached hydrogens (tertiary/aromatic N) is 4. The molecule has 0 saturated heterocycles. The van der Waals surface area contributed by atoms with Gasteiger partial charge in [0.15, 0.2) is 12.2 Å². The molecule has 1 amide bonds. The summed E-state index contributed by atoms with van der Waals surface area (Å²) in [7, 11) is 0. The standard InChI is InChI=1S/C27H32BrN5O4/c1-17-25(37-16-32-17)14-36-24-6-5-19-12-33(8-7-22(19)26(24)28)13-21(34)11-29-27(35)23-10-20(30-15-31-23)9-18-3-2-4-18/h5-6,10,15-16,18,21,34H,2-4,7-9,11-14H2,1H3,(H,29,35)/t21-/m0/s1. The van der Waals surface area contributed by atoms with Gasteiger partial charge in [0, 0.05) is 31.9 Å². The van der Waals surface area contributed by atoms with Crippen molar-refractivity contribution in [3.63, 3.8) is 0 Å². The summed E-state index contributed by atoms with van der Waals surface area (Å²) >= 11 is 3.71. The third-order valence-corrected chi connectivity index (χ3v) is 8.10. The molecule has 1 saturated carbocycles. The van der Waals surface area contributed by atoms with Gasteiger partial charge in [-0.2, -0.15) is 0 Å². The maximum absolute atomic E-state index is 12.6. The van der Waals surface area contributed by atoms with Crippen LogP contribution in [-0.4, -0.2) is 56.6 Å². The van der Waals surface area contributed by atoms with Gasteiger partial charge in [-0.25, -0.2) is 15.0 Å². The van der Waals surface area contributed by atoms with Gasteiger partial charge in [0.25, 0.3) is 5.91 Å². The van der Waals surface area contributed by atoms with Crippen LogP contribution in [0, 0.1) is 12.8 Å². The first kappa shape index (κ1) is 25.8. The van der Waals surface area contributed by atoms with Crippen molar-refractivity contribution in [3.8, 4) is 5.75 Å². The number of hydrogen-bond acceptors (Lipinski definition) is 8. The Bertz CT molecular complexity index is 1250. The third kappa shape index (κ3) is 6.37. The fourth-order valence-electron chi connectivity index (χ4n) is 4.81. The van der Waals surface area contributed by atoms with Crippen LogP contribution in [0.1, 0.15) is 58.0 Å². The largest absolute Gasteiger partial charge is 0.484 e. The number of β-amino-alcohol motifs (C(OH)–C–C–N with tert-alkyl or cyclic N) is 1. The van der Waals surface area contributed by atoms with E-state index in [4.69, 9.17) is 9.15 Å². The molecule has 2 N–H and O–H groups in total. The molecule has 2 aliphatic rings. The Morgan fingerprint density at radius 2 is 2.19 bits per heavy atom. The fourth-order valence-corrected chi connectivity index (χ4v) is 5.51. The van der Waals surface area contributed by atoms with Gasteiger partial charge < -0.3 is 19.6 Å². The Kier molecular flexibility index (Phi) is 8.17. The lowest BCUT2D eigenvalue weighted by molar-refractivity contribution is 0.0837. The summed E-state index contributed by atoms with van der Waals surface area (Å²) < 4.78 is 12.3. The van der Waals surface area contributed by atoms with Crippen LogP contribution >= 0.6 is 15.9 Å². The van der Waals surface area contributed by atoms with Crippen LogP contribution in [0.15, 0.2) is 39.8 Å². The minimum absolute atomic E-state index is 0.168. The average molecular weight is 570 g/mol. The smallest absolute Gasteiger partial charge is 0.270 e. The Morgan fingerprint density at radius 1 is 1.32 bits per heavy atom. The number of aliphatic hydroxyl groups is 1. The highest BCUT2D eigenvalue weighted by atomic mass is 79.9. The predicted octanol–water partition coefficient (Wildman–Crippen LogP) is 3.61. The molecule has 0 unspecified atom stereocenters. The lowest BCUT2D eigenvalue weighted by Crippen LogP contribution is -2.42. The van der Waals surface area contributed by atoms with Gasteiger partial charge in [-0.15, -0.1) is 0 Å².